The molecule has 0 unspecified atom stereocenters. The van der Waals surface area contributed by atoms with Crippen molar-refractivity contribution >= 4 is 29.1 Å². The fraction of sp³-hybridized carbons (Fsp3) is 0.364. The van der Waals surface area contributed by atoms with Crippen LogP contribution in [0, 0.1) is 0 Å². The smallest absolute Gasteiger partial charge is 0.331 e. The second-order valence-corrected chi connectivity index (χ2v) is 5.24. The number of carbonyl (C=O) groups excluding carboxylic acids is 2. The van der Waals surface area contributed by atoms with E-state index in [1.807, 2.05) is 0 Å². The molecule has 1 rings (SSSR count). The van der Waals surface area contributed by atoms with Crippen LogP contribution in [-0.2, 0) is 17.5 Å². The molecule has 0 bridgehead atoms. The highest BCUT2D eigenvalue weighted by molar-refractivity contribution is 7.12. The number of aliphatic imine (C=N–C) groups is 1. The van der Waals surface area contributed by atoms with Gasteiger partial charge in [-0.1, -0.05) is 0 Å². The highest BCUT2D eigenvalue weighted by Crippen LogP contribution is 2.34. The van der Waals surface area contributed by atoms with Gasteiger partial charge in [0.1, 0.15) is 10.7 Å². The van der Waals surface area contributed by atoms with E-state index in [1.165, 1.54) is 5.32 Å². The molecule has 3 amide bonds. The summed E-state index contributed by atoms with van der Waals surface area (Å²) in [4.78, 5) is 24.3. The van der Waals surface area contributed by atoms with Crippen LogP contribution < -0.4 is 10.6 Å². The van der Waals surface area contributed by atoms with Crippen LogP contribution in [0.1, 0.15) is 16.7 Å². The number of hydrogen-bond donors (Lipinski definition) is 2. The number of hydrogen-bond acceptors (Lipinski definition) is 3. The number of nitrogens with zero attached hydrogens (tertiary/aromatic N) is 1. The van der Waals surface area contributed by atoms with Gasteiger partial charge in [0.25, 0.3) is 0 Å². The molecule has 0 fully saturated rings. The maximum Gasteiger partial charge on any atom is 0.471 e. The lowest BCUT2D eigenvalue weighted by molar-refractivity contribution is -0.171. The summed E-state index contributed by atoms with van der Waals surface area (Å²) in [7, 11) is 0. The van der Waals surface area contributed by atoms with E-state index in [1.54, 1.807) is 0 Å². The van der Waals surface area contributed by atoms with Gasteiger partial charge in [0, 0.05) is 4.88 Å². The largest absolute Gasteiger partial charge is 0.471 e. The van der Waals surface area contributed by atoms with Gasteiger partial charge < -0.3 is 10.6 Å². The average Bonchev–Trinajstić information content (AvgIpc) is 2.83. The summed E-state index contributed by atoms with van der Waals surface area (Å²) in [5.41, 5.74) is 0. The molecule has 0 saturated carbocycles. The van der Waals surface area contributed by atoms with E-state index in [0.717, 1.165) is 19.1 Å². The Morgan fingerprint density at radius 1 is 1.17 bits per heavy atom. The molecule has 5 nitrogen and oxygen atoms in total. The van der Waals surface area contributed by atoms with Crippen molar-refractivity contribution < 1.29 is 35.9 Å². The number of alkyl halides is 6. The Hall–Kier alpha value is -2.11. The molecule has 1 aromatic heterocycles. The molecule has 0 saturated heterocycles. The van der Waals surface area contributed by atoms with Crippen LogP contribution in [0.2, 0.25) is 0 Å². The highest BCUT2D eigenvalue weighted by atomic mass is 32.1. The Bertz CT molecular complexity index is 620. The molecule has 0 aliphatic heterocycles. The van der Waals surface area contributed by atoms with E-state index >= 15 is 0 Å². The lowest BCUT2D eigenvalue weighted by Gasteiger charge is -2.07. The van der Waals surface area contributed by atoms with Crippen molar-refractivity contribution in [3.63, 3.8) is 0 Å². The van der Waals surface area contributed by atoms with Crippen LogP contribution in [0.4, 0.5) is 31.1 Å². The molecule has 128 valence electrons. The fourth-order valence-corrected chi connectivity index (χ4v) is 2.06. The quantitative estimate of drug-likeness (QED) is 0.483. The number of amidine groups is 1. The van der Waals surface area contributed by atoms with E-state index in [2.05, 4.69) is 10.3 Å². The van der Waals surface area contributed by atoms with Gasteiger partial charge in [-0.2, -0.15) is 31.3 Å². The number of thiophene rings is 1. The molecule has 0 atom stereocenters. The molecule has 0 aromatic carbocycles. The monoisotopic (exact) mass is 361 g/mol. The Balaban J connectivity index is 2.55. The minimum atomic E-state index is -5.13. The van der Waals surface area contributed by atoms with Crippen LogP contribution >= 0.6 is 11.3 Å². The molecule has 0 aliphatic carbocycles. The van der Waals surface area contributed by atoms with Crippen LogP contribution in [0.25, 0.3) is 0 Å². The Morgan fingerprint density at radius 2 is 1.78 bits per heavy atom. The molecule has 1 heterocycles. The number of halogens is 6. The van der Waals surface area contributed by atoms with Crippen molar-refractivity contribution in [1.29, 1.82) is 0 Å². The van der Waals surface area contributed by atoms with Crippen LogP contribution in [0.3, 0.4) is 0 Å². The maximum absolute atomic E-state index is 12.4. The summed E-state index contributed by atoms with van der Waals surface area (Å²) < 4.78 is 72.9. The van der Waals surface area contributed by atoms with E-state index in [-0.39, 0.29) is 11.4 Å². The number of nitrogens with one attached hydrogen (secondary N) is 2. The second kappa shape index (κ2) is 6.98. The highest BCUT2D eigenvalue weighted by Gasteiger charge is 2.39. The zero-order valence-corrected chi connectivity index (χ0v) is 12.1. The maximum atomic E-state index is 12.4. The summed E-state index contributed by atoms with van der Waals surface area (Å²) in [5.74, 6) is -2.90. The topological polar surface area (TPSA) is 70.6 Å². The number of rotatable bonds is 2. The van der Waals surface area contributed by atoms with E-state index in [9.17, 15) is 35.9 Å². The molecule has 0 spiro atoms. The first-order valence-electron chi connectivity index (χ1n) is 5.77. The number of amides is 3. The van der Waals surface area contributed by atoms with Crippen molar-refractivity contribution in [3.8, 4) is 0 Å². The first-order chi connectivity index (χ1) is 10.4. The predicted molar refractivity (Wildman–Crippen MR) is 68.9 cm³/mol. The van der Waals surface area contributed by atoms with Gasteiger partial charge in [-0.15, -0.1) is 11.3 Å². The predicted octanol–water partition coefficient (Wildman–Crippen LogP) is 3.07. The Labute approximate surface area is 129 Å². The number of carbonyl (C=O) groups is 2. The molecule has 0 radical (unpaired) electrons. The molecule has 2 N–H and O–H groups in total. The summed E-state index contributed by atoms with van der Waals surface area (Å²) in [5, 5.41) is 3.44. The molecule has 23 heavy (non-hydrogen) atoms. The van der Waals surface area contributed by atoms with Gasteiger partial charge >= 0.3 is 24.3 Å². The Kier molecular flexibility index (Phi) is 5.75. The zero-order valence-electron chi connectivity index (χ0n) is 11.3. The fourth-order valence-electron chi connectivity index (χ4n) is 1.24. The van der Waals surface area contributed by atoms with E-state index in [4.69, 9.17) is 0 Å². The average molecular weight is 361 g/mol. The van der Waals surface area contributed by atoms with Crippen LogP contribution in [0.15, 0.2) is 17.1 Å². The van der Waals surface area contributed by atoms with Gasteiger partial charge in [-0.3, -0.25) is 4.79 Å². The summed E-state index contributed by atoms with van der Waals surface area (Å²) in [6.07, 6.45) is -9.62. The third-order valence-corrected chi connectivity index (χ3v) is 3.31. The van der Waals surface area contributed by atoms with Crippen molar-refractivity contribution in [2.45, 2.75) is 25.8 Å². The summed E-state index contributed by atoms with van der Waals surface area (Å²) in [6.45, 7) is 0.666. The van der Waals surface area contributed by atoms with Crippen molar-refractivity contribution in [1.82, 2.24) is 10.6 Å². The first kappa shape index (κ1) is 18.9. The standard InChI is InChI=1S/C11H9F6N3O2S/c1-5(19-8(21)11(15,16)17)20-9(22)18-4-6-2-3-7(23-6)10(12,13)14/h2-3H,4H2,1H3,(H2,18,19,20,21,22). The minimum absolute atomic E-state index is 0.179. The lowest BCUT2D eigenvalue weighted by Crippen LogP contribution is -2.40. The SMILES string of the molecule is C/C(=N/C(=O)NCc1ccc(C(F)(F)F)s1)NC(=O)C(F)(F)F. The van der Waals surface area contributed by atoms with Gasteiger partial charge in [-0.25, -0.2) is 4.79 Å². The van der Waals surface area contributed by atoms with Crippen LogP contribution in [0.5, 0.6) is 0 Å². The Morgan fingerprint density at radius 3 is 2.26 bits per heavy atom. The van der Waals surface area contributed by atoms with Gasteiger partial charge in [0.2, 0.25) is 0 Å². The van der Waals surface area contributed by atoms with Crippen molar-refractivity contribution in [2.75, 3.05) is 0 Å². The first-order valence-corrected chi connectivity index (χ1v) is 6.58. The molecule has 12 heteroatoms. The number of urea groups is 1. The van der Waals surface area contributed by atoms with Gasteiger partial charge in [0.15, 0.2) is 0 Å². The lowest BCUT2D eigenvalue weighted by atomic mass is 10.4. The molecular formula is C11H9F6N3O2S. The van der Waals surface area contributed by atoms with Crippen molar-refractivity contribution in [2.24, 2.45) is 4.99 Å². The normalized spacial score (nSPS) is 12.9. The van der Waals surface area contributed by atoms with E-state index in [0.29, 0.717) is 11.3 Å². The van der Waals surface area contributed by atoms with Gasteiger partial charge in [0.05, 0.1) is 6.54 Å². The van der Waals surface area contributed by atoms with Gasteiger partial charge in [-0.05, 0) is 19.1 Å². The summed E-state index contributed by atoms with van der Waals surface area (Å²) in [6, 6.07) is 0.881. The molecule has 1 aromatic rings. The zero-order chi connectivity index (χ0) is 17.8. The second-order valence-electron chi connectivity index (χ2n) is 4.07. The van der Waals surface area contributed by atoms with E-state index < -0.39 is 35.0 Å². The third-order valence-electron chi connectivity index (χ3n) is 2.18. The van der Waals surface area contributed by atoms with Crippen molar-refractivity contribution in [3.05, 3.63) is 21.9 Å². The third kappa shape index (κ3) is 6.26. The summed E-state index contributed by atoms with van der Waals surface area (Å²) >= 11 is 0.408. The minimum Gasteiger partial charge on any atom is -0.331 e. The molecule has 0 aliphatic rings. The molecular weight excluding hydrogens is 352 g/mol. The van der Waals surface area contributed by atoms with Crippen LogP contribution in [-0.4, -0.2) is 24.0 Å².